The summed E-state index contributed by atoms with van der Waals surface area (Å²) in [6.07, 6.45) is -10.3. The standard InChI is InChI=1S/C22H39NO12/c1-10-19(34-21-18(29)17(28)20(35-22(23)30)14(9-25)33-21)16(27)15(26)13(32-10)8-12-3-2-11(12)4-6-31-7-5-24/h10-21,24-29H,2-9H2,1H3,(H2,23,30)/t10?,11?,12?,13-,14+,15+,16-,17+,18-,19+,20+,21+/m0/s1. The van der Waals surface area contributed by atoms with Crippen molar-refractivity contribution in [3.63, 3.8) is 0 Å². The van der Waals surface area contributed by atoms with E-state index < -0.39 is 73.9 Å². The molecule has 2 heterocycles. The van der Waals surface area contributed by atoms with E-state index >= 15 is 0 Å². The molecule has 0 aromatic heterocycles. The fourth-order valence-corrected chi connectivity index (χ4v) is 5.14. The van der Waals surface area contributed by atoms with Crippen LogP contribution in [0.1, 0.15) is 32.6 Å². The second-order valence-corrected chi connectivity index (χ2v) is 9.53. The van der Waals surface area contributed by atoms with Crippen molar-refractivity contribution in [3.8, 4) is 0 Å². The summed E-state index contributed by atoms with van der Waals surface area (Å²) in [6.45, 7) is 1.84. The summed E-state index contributed by atoms with van der Waals surface area (Å²) in [6, 6.07) is 0. The first-order valence-electron chi connectivity index (χ1n) is 12.1. The van der Waals surface area contributed by atoms with Crippen LogP contribution in [-0.2, 0) is 23.7 Å². The van der Waals surface area contributed by atoms with E-state index in [1.54, 1.807) is 6.92 Å². The number of rotatable bonds is 11. The molecule has 0 aromatic carbocycles. The van der Waals surface area contributed by atoms with Gasteiger partial charge in [0.05, 0.1) is 32.0 Å². The van der Waals surface area contributed by atoms with Gasteiger partial charge in [0.1, 0.15) is 36.6 Å². The number of carbonyl (C=O) groups excluding carboxylic acids is 1. The van der Waals surface area contributed by atoms with Gasteiger partial charge in [0.15, 0.2) is 12.4 Å². The number of hydrogen-bond donors (Lipinski definition) is 7. The molecule has 3 fully saturated rings. The lowest BCUT2D eigenvalue weighted by atomic mass is 9.68. The molecule has 13 nitrogen and oxygen atoms in total. The molecule has 1 saturated carbocycles. The summed E-state index contributed by atoms with van der Waals surface area (Å²) in [5.74, 6) is 0.736. The van der Waals surface area contributed by atoms with Crippen molar-refractivity contribution >= 4 is 6.09 Å². The van der Waals surface area contributed by atoms with Crippen LogP contribution in [-0.4, -0.2) is 124 Å². The van der Waals surface area contributed by atoms with Crippen molar-refractivity contribution in [2.45, 2.75) is 93.8 Å². The molecule has 0 radical (unpaired) electrons. The Kier molecular flexibility index (Phi) is 10.5. The van der Waals surface area contributed by atoms with Crippen LogP contribution in [0.25, 0.3) is 0 Å². The fraction of sp³-hybridized carbons (Fsp3) is 0.955. The number of aliphatic hydroxyl groups is 6. The van der Waals surface area contributed by atoms with Crippen LogP contribution < -0.4 is 5.73 Å². The summed E-state index contributed by atoms with van der Waals surface area (Å²) >= 11 is 0. The Bertz CT molecular complexity index is 668. The zero-order valence-electron chi connectivity index (χ0n) is 19.8. The van der Waals surface area contributed by atoms with Crippen LogP contribution in [0.5, 0.6) is 0 Å². The van der Waals surface area contributed by atoms with Gasteiger partial charge in [0, 0.05) is 6.61 Å². The molecular formula is C22H39NO12. The highest BCUT2D eigenvalue weighted by molar-refractivity contribution is 5.65. The molecule has 1 aliphatic carbocycles. The van der Waals surface area contributed by atoms with E-state index in [1.807, 2.05) is 0 Å². The van der Waals surface area contributed by atoms with Gasteiger partial charge in [-0.1, -0.05) is 0 Å². The predicted molar refractivity (Wildman–Crippen MR) is 117 cm³/mol. The Morgan fingerprint density at radius 2 is 1.60 bits per heavy atom. The zero-order valence-corrected chi connectivity index (χ0v) is 19.8. The number of nitrogens with two attached hydrogens (primary N) is 1. The number of carbonyl (C=O) groups is 1. The molecule has 2 aliphatic heterocycles. The first-order chi connectivity index (χ1) is 16.7. The normalized spacial score (nSPS) is 44.0. The topological polar surface area (TPSA) is 211 Å². The van der Waals surface area contributed by atoms with Gasteiger partial charge in [-0.25, -0.2) is 4.79 Å². The number of ether oxygens (including phenoxy) is 5. The molecule has 12 atom stereocenters. The minimum absolute atomic E-state index is 0.0144. The van der Waals surface area contributed by atoms with Crippen molar-refractivity contribution in [2.24, 2.45) is 17.6 Å². The van der Waals surface area contributed by atoms with Gasteiger partial charge < -0.3 is 60.1 Å². The molecule has 0 aromatic rings. The highest BCUT2D eigenvalue weighted by Crippen LogP contribution is 2.42. The van der Waals surface area contributed by atoms with Crippen molar-refractivity contribution in [3.05, 3.63) is 0 Å². The summed E-state index contributed by atoms with van der Waals surface area (Å²) in [7, 11) is 0. The summed E-state index contributed by atoms with van der Waals surface area (Å²) in [5, 5.41) is 60.7. The van der Waals surface area contributed by atoms with Gasteiger partial charge >= 0.3 is 6.09 Å². The van der Waals surface area contributed by atoms with E-state index in [-0.39, 0.29) is 6.61 Å². The van der Waals surface area contributed by atoms with Gasteiger partial charge in [-0.05, 0) is 44.4 Å². The number of amides is 1. The largest absolute Gasteiger partial charge is 0.441 e. The van der Waals surface area contributed by atoms with Gasteiger partial charge in [0.2, 0.25) is 0 Å². The van der Waals surface area contributed by atoms with Crippen LogP contribution in [0, 0.1) is 11.8 Å². The first kappa shape index (κ1) is 28.4. The molecule has 0 bridgehead atoms. The quantitative estimate of drug-likeness (QED) is 0.145. The Morgan fingerprint density at radius 1 is 0.914 bits per heavy atom. The SMILES string of the molecule is CC1O[C@@H](CC2CCC2CCOCCO)[C@@H](O)[C@H](O)[C@@H]1O[C@H]1O[C@H](CO)[C@@H](OC(N)=O)[C@H](O)[C@@H]1O. The number of hydrogen-bond acceptors (Lipinski definition) is 12. The third kappa shape index (κ3) is 6.80. The Morgan fingerprint density at radius 3 is 2.20 bits per heavy atom. The molecule has 35 heavy (non-hydrogen) atoms. The lowest BCUT2D eigenvalue weighted by Crippen LogP contribution is -2.64. The molecule has 13 heteroatoms. The van der Waals surface area contributed by atoms with Crippen LogP contribution in [0.4, 0.5) is 4.79 Å². The minimum Gasteiger partial charge on any atom is -0.441 e. The summed E-state index contributed by atoms with van der Waals surface area (Å²) in [5.41, 5.74) is 4.97. The Labute approximate surface area is 203 Å². The van der Waals surface area contributed by atoms with Gasteiger partial charge in [-0.3, -0.25) is 0 Å². The van der Waals surface area contributed by atoms with E-state index in [0.29, 0.717) is 31.5 Å². The highest BCUT2D eigenvalue weighted by Gasteiger charge is 2.51. The molecule has 3 unspecified atom stereocenters. The highest BCUT2D eigenvalue weighted by atomic mass is 16.7. The number of primary amides is 1. The molecule has 3 rings (SSSR count). The van der Waals surface area contributed by atoms with Gasteiger partial charge in [-0.15, -0.1) is 0 Å². The average molecular weight is 510 g/mol. The second-order valence-electron chi connectivity index (χ2n) is 9.53. The van der Waals surface area contributed by atoms with E-state index in [9.17, 15) is 30.3 Å². The van der Waals surface area contributed by atoms with Crippen molar-refractivity contribution in [1.29, 1.82) is 0 Å². The van der Waals surface area contributed by atoms with Gasteiger partial charge in [0.25, 0.3) is 0 Å². The second kappa shape index (κ2) is 12.9. The van der Waals surface area contributed by atoms with Crippen molar-refractivity contribution < 1.29 is 59.1 Å². The summed E-state index contributed by atoms with van der Waals surface area (Å²) < 4.78 is 27.2. The van der Waals surface area contributed by atoms with Crippen LogP contribution in [0.15, 0.2) is 0 Å². The fourth-order valence-electron chi connectivity index (χ4n) is 5.14. The maximum Gasteiger partial charge on any atom is 0.404 e. The van der Waals surface area contributed by atoms with E-state index in [2.05, 4.69) is 0 Å². The third-order valence-corrected chi connectivity index (χ3v) is 7.26. The van der Waals surface area contributed by atoms with E-state index in [1.165, 1.54) is 0 Å². The molecule has 204 valence electrons. The van der Waals surface area contributed by atoms with Crippen LogP contribution in [0.2, 0.25) is 0 Å². The van der Waals surface area contributed by atoms with Crippen LogP contribution in [0.3, 0.4) is 0 Å². The third-order valence-electron chi connectivity index (χ3n) is 7.26. The lowest BCUT2D eigenvalue weighted by Gasteiger charge is -2.47. The minimum atomic E-state index is -1.69. The molecule has 2 saturated heterocycles. The van der Waals surface area contributed by atoms with Gasteiger partial charge in [-0.2, -0.15) is 0 Å². The van der Waals surface area contributed by atoms with E-state index in [4.69, 9.17) is 34.5 Å². The monoisotopic (exact) mass is 509 g/mol. The maximum atomic E-state index is 11.1. The molecule has 8 N–H and O–H groups in total. The van der Waals surface area contributed by atoms with Crippen molar-refractivity contribution in [1.82, 2.24) is 0 Å². The molecule has 3 aliphatic rings. The first-order valence-corrected chi connectivity index (χ1v) is 12.1. The average Bonchev–Trinajstić information content (AvgIpc) is 2.81. The molecule has 1 amide bonds. The van der Waals surface area contributed by atoms with E-state index in [0.717, 1.165) is 19.3 Å². The van der Waals surface area contributed by atoms with Crippen LogP contribution >= 0.6 is 0 Å². The maximum absolute atomic E-state index is 11.1. The number of aliphatic hydroxyl groups excluding tert-OH is 6. The smallest absolute Gasteiger partial charge is 0.404 e. The molecule has 0 spiro atoms. The predicted octanol–water partition coefficient (Wildman–Crippen LogP) is -2.40. The zero-order chi connectivity index (χ0) is 25.7. The summed E-state index contributed by atoms with van der Waals surface area (Å²) in [4.78, 5) is 11.1. The molecular weight excluding hydrogens is 470 g/mol. The Balaban J connectivity index is 1.55. The van der Waals surface area contributed by atoms with Crippen molar-refractivity contribution in [2.75, 3.05) is 26.4 Å². The Hall–Kier alpha value is -1.13. The lowest BCUT2D eigenvalue weighted by molar-refractivity contribution is -0.339.